The Morgan fingerprint density at radius 2 is 1.86 bits per heavy atom. The first-order chi connectivity index (χ1) is 10.4. The molecule has 0 bridgehead atoms. The van der Waals surface area contributed by atoms with Crippen molar-refractivity contribution in [2.75, 3.05) is 39.3 Å². The number of amides is 1. The quantitative estimate of drug-likeness (QED) is 0.817. The van der Waals surface area contributed by atoms with Gasteiger partial charge in [-0.05, 0) is 46.0 Å². The van der Waals surface area contributed by atoms with E-state index in [4.69, 9.17) is 4.74 Å². The minimum absolute atomic E-state index is 0.176. The summed E-state index contributed by atoms with van der Waals surface area (Å²) in [4.78, 5) is 16.3. The van der Waals surface area contributed by atoms with Crippen molar-refractivity contribution >= 4 is 6.09 Å². The van der Waals surface area contributed by atoms with Crippen LogP contribution >= 0.6 is 0 Å². The lowest BCUT2D eigenvalue weighted by atomic mass is 10.1. The number of carbonyl (C=O) groups is 1. The highest BCUT2D eigenvalue weighted by molar-refractivity contribution is 5.68. The van der Waals surface area contributed by atoms with Crippen LogP contribution in [0.15, 0.2) is 0 Å². The molecule has 2 fully saturated rings. The van der Waals surface area contributed by atoms with Gasteiger partial charge in [-0.1, -0.05) is 6.92 Å². The van der Waals surface area contributed by atoms with Gasteiger partial charge in [-0.15, -0.1) is 0 Å². The number of piperazine rings is 1. The van der Waals surface area contributed by atoms with Gasteiger partial charge in [0, 0.05) is 45.3 Å². The van der Waals surface area contributed by atoms with Gasteiger partial charge in [-0.3, -0.25) is 4.90 Å². The van der Waals surface area contributed by atoms with E-state index in [1.54, 1.807) is 0 Å². The van der Waals surface area contributed by atoms with Gasteiger partial charge in [0.2, 0.25) is 0 Å². The third-order valence-corrected chi connectivity index (χ3v) is 4.49. The highest BCUT2D eigenvalue weighted by atomic mass is 16.6. The van der Waals surface area contributed by atoms with Crippen molar-refractivity contribution in [3.63, 3.8) is 0 Å². The average Bonchev–Trinajstić information content (AvgIpc) is 3.27. The molecule has 1 aliphatic heterocycles. The second kappa shape index (κ2) is 7.64. The second-order valence-corrected chi connectivity index (χ2v) is 7.62. The summed E-state index contributed by atoms with van der Waals surface area (Å²) >= 11 is 0. The highest BCUT2D eigenvalue weighted by Crippen LogP contribution is 2.33. The zero-order valence-electron chi connectivity index (χ0n) is 14.7. The van der Waals surface area contributed by atoms with Gasteiger partial charge in [0.05, 0.1) is 0 Å². The van der Waals surface area contributed by atoms with Gasteiger partial charge >= 0.3 is 6.09 Å². The van der Waals surface area contributed by atoms with Gasteiger partial charge in [0.1, 0.15) is 5.60 Å². The minimum Gasteiger partial charge on any atom is -0.444 e. The molecule has 1 atom stereocenters. The maximum Gasteiger partial charge on any atom is 0.410 e. The van der Waals surface area contributed by atoms with E-state index < -0.39 is 5.60 Å². The molecule has 1 aliphatic carbocycles. The molecule has 0 aromatic carbocycles. The first-order valence-electron chi connectivity index (χ1n) is 8.82. The Morgan fingerprint density at radius 3 is 2.36 bits per heavy atom. The van der Waals surface area contributed by atoms with Crippen molar-refractivity contribution in [3.05, 3.63) is 0 Å². The molecule has 22 heavy (non-hydrogen) atoms. The average molecular weight is 311 g/mol. The van der Waals surface area contributed by atoms with Gasteiger partial charge in [-0.2, -0.15) is 0 Å². The van der Waals surface area contributed by atoms with Crippen molar-refractivity contribution in [1.29, 1.82) is 0 Å². The van der Waals surface area contributed by atoms with Crippen LogP contribution in [0.4, 0.5) is 4.79 Å². The van der Waals surface area contributed by atoms with E-state index in [1.165, 1.54) is 19.3 Å². The van der Waals surface area contributed by atoms with Crippen molar-refractivity contribution in [2.24, 2.45) is 5.92 Å². The summed E-state index contributed by atoms with van der Waals surface area (Å²) in [6.07, 6.45) is 3.86. The standard InChI is InChI=1S/C17H33N3O2/c1-5-15(14-6-7-14)18-8-9-19-10-12-20(13-11-19)16(21)22-17(2,3)4/h14-15,18H,5-13H2,1-4H3. The third kappa shape index (κ3) is 5.76. The maximum absolute atomic E-state index is 12.0. The number of nitrogens with zero attached hydrogens (tertiary/aromatic N) is 2. The summed E-state index contributed by atoms with van der Waals surface area (Å²) in [6, 6.07) is 0.711. The van der Waals surface area contributed by atoms with Gasteiger partial charge in [-0.25, -0.2) is 4.79 Å². The SMILES string of the molecule is CCC(NCCN1CCN(C(=O)OC(C)(C)C)CC1)C1CC1. The predicted octanol–water partition coefficient (Wildman–Crippen LogP) is 2.32. The maximum atomic E-state index is 12.0. The van der Waals surface area contributed by atoms with E-state index in [0.29, 0.717) is 6.04 Å². The van der Waals surface area contributed by atoms with Crippen LogP contribution in [0.25, 0.3) is 0 Å². The Morgan fingerprint density at radius 1 is 1.23 bits per heavy atom. The molecule has 2 rings (SSSR count). The number of carbonyl (C=O) groups excluding carboxylic acids is 1. The lowest BCUT2D eigenvalue weighted by Gasteiger charge is -2.35. The topological polar surface area (TPSA) is 44.8 Å². The van der Waals surface area contributed by atoms with Crippen LogP contribution in [-0.2, 0) is 4.74 Å². The molecule has 0 spiro atoms. The number of hydrogen-bond donors (Lipinski definition) is 1. The van der Waals surface area contributed by atoms with Crippen LogP contribution in [0.1, 0.15) is 47.0 Å². The molecular formula is C17H33N3O2. The molecular weight excluding hydrogens is 278 g/mol. The summed E-state index contributed by atoms with van der Waals surface area (Å²) in [5, 5.41) is 3.70. The van der Waals surface area contributed by atoms with Crippen LogP contribution in [0.2, 0.25) is 0 Å². The number of ether oxygens (including phenoxy) is 1. The first kappa shape index (κ1) is 17.5. The molecule has 2 aliphatic rings. The molecule has 1 saturated heterocycles. The third-order valence-electron chi connectivity index (χ3n) is 4.49. The molecule has 1 amide bonds. The Bertz CT molecular complexity index is 355. The first-order valence-corrected chi connectivity index (χ1v) is 8.82. The second-order valence-electron chi connectivity index (χ2n) is 7.62. The van der Waals surface area contributed by atoms with E-state index in [1.807, 2.05) is 25.7 Å². The smallest absolute Gasteiger partial charge is 0.410 e. The fraction of sp³-hybridized carbons (Fsp3) is 0.941. The van der Waals surface area contributed by atoms with E-state index >= 15 is 0 Å². The summed E-state index contributed by atoms with van der Waals surface area (Å²) in [7, 11) is 0. The number of nitrogens with one attached hydrogen (secondary N) is 1. The van der Waals surface area contributed by atoms with E-state index in [2.05, 4.69) is 17.1 Å². The number of hydrogen-bond acceptors (Lipinski definition) is 4. The molecule has 0 aromatic heterocycles. The fourth-order valence-electron chi connectivity index (χ4n) is 3.03. The molecule has 1 unspecified atom stereocenters. The largest absolute Gasteiger partial charge is 0.444 e. The van der Waals surface area contributed by atoms with Crippen LogP contribution < -0.4 is 5.32 Å². The van der Waals surface area contributed by atoms with Crippen molar-refractivity contribution in [1.82, 2.24) is 15.1 Å². The van der Waals surface area contributed by atoms with Crippen molar-refractivity contribution < 1.29 is 9.53 Å². The zero-order chi connectivity index (χ0) is 16.2. The van der Waals surface area contributed by atoms with Crippen LogP contribution in [0.5, 0.6) is 0 Å². The molecule has 1 N–H and O–H groups in total. The molecule has 1 saturated carbocycles. The van der Waals surface area contributed by atoms with Gasteiger partial charge in [0.25, 0.3) is 0 Å². The predicted molar refractivity (Wildman–Crippen MR) is 89.1 cm³/mol. The molecule has 5 nitrogen and oxygen atoms in total. The van der Waals surface area contributed by atoms with Crippen LogP contribution in [0.3, 0.4) is 0 Å². The Hall–Kier alpha value is -0.810. The lowest BCUT2D eigenvalue weighted by molar-refractivity contribution is 0.0146. The summed E-state index contributed by atoms with van der Waals surface area (Å²) in [5.74, 6) is 0.925. The monoisotopic (exact) mass is 311 g/mol. The summed E-state index contributed by atoms with van der Waals surface area (Å²) in [5.41, 5.74) is -0.407. The normalized spacial score (nSPS) is 21.7. The highest BCUT2D eigenvalue weighted by Gasteiger charge is 2.30. The Kier molecular flexibility index (Phi) is 6.09. The fourth-order valence-corrected chi connectivity index (χ4v) is 3.03. The van der Waals surface area contributed by atoms with Gasteiger partial charge in [0.15, 0.2) is 0 Å². The van der Waals surface area contributed by atoms with Gasteiger partial charge < -0.3 is 15.0 Å². The zero-order valence-corrected chi connectivity index (χ0v) is 14.7. The van der Waals surface area contributed by atoms with Crippen molar-refractivity contribution in [3.8, 4) is 0 Å². The van der Waals surface area contributed by atoms with Crippen LogP contribution in [0, 0.1) is 5.92 Å². The van der Waals surface area contributed by atoms with E-state index in [-0.39, 0.29) is 6.09 Å². The van der Waals surface area contributed by atoms with E-state index in [9.17, 15) is 4.79 Å². The molecule has 128 valence electrons. The Balaban J connectivity index is 1.61. The molecule has 0 radical (unpaired) electrons. The summed E-state index contributed by atoms with van der Waals surface area (Å²) < 4.78 is 5.43. The molecule has 0 aromatic rings. The van der Waals surface area contributed by atoms with Crippen LogP contribution in [-0.4, -0.2) is 66.8 Å². The summed E-state index contributed by atoms with van der Waals surface area (Å²) in [6.45, 7) is 13.6. The Labute approximate surface area is 135 Å². The minimum atomic E-state index is -0.407. The molecule has 1 heterocycles. The number of rotatable bonds is 6. The molecule has 5 heteroatoms. The van der Waals surface area contributed by atoms with Crippen molar-refractivity contribution in [2.45, 2.75) is 58.6 Å². The van der Waals surface area contributed by atoms with E-state index in [0.717, 1.165) is 45.2 Å². The lowest BCUT2D eigenvalue weighted by Crippen LogP contribution is -2.51.